The van der Waals surface area contributed by atoms with Gasteiger partial charge in [-0.05, 0) is 57.4 Å². The van der Waals surface area contributed by atoms with E-state index in [1.807, 2.05) is 43.3 Å². The van der Waals surface area contributed by atoms with E-state index >= 15 is 0 Å². The Kier molecular flexibility index (Phi) is 24.7. The lowest BCUT2D eigenvalue weighted by molar-refractivity contribution is -0.146. The molecule has 392 valence electrons. The highest BCUT2D eigenvalue weighted by Gasteiger charge is 2.37. The predicted molar refractivity (Wildman–Crippen MR) is 264 cm³/mol. The van der Waals surface area contributed by atoms with Crippen LogP contribution in [0.3, 0.4) is 0 Å². The molecule has 0 spiro atoms. The average molecular weight is 995 g/mol. The third-order valence-corrected chi connectivity index (χ3v) is 12.0. The molecule has 0 aromatic heterocycles. The van der Waals surface area contributed by atoms with Crippen LogP contribution in [-0.4, -0.2) is 137 Å². The summed E-state index contributed by atoms with van der Waals surface area (Å²) in [6.45, 7) is 14.9. The number of aliphatic carboxylic acids is 2. The molecule has 1 aliphatic heterocycles. The number of allylic oxidation sites excluding steroid dienone is 2. The number of benzene rings is 1. The molecule has 0 saturated carbocycles. The van der Waals surface area contributed by atoms with Gasteiger partial charge < -0.3 is 63.2 Å². The van der Waals surface area contributed by atoms with Crippen molar-refractivity contribution < 1.29 is 58.1 Å². The van der Waals surface area contributed by atoms with Crippen LogP contribution in [0.15, 0.2) is 71.4 Å². The minimum atomic E-state index is -1.88. The van der Waals surface area contributed by atoms with Crippen LogP contribution in [0.25, 0.3) is 0 Å². The summed E-state index contributed by atoms with van der Waals surface area (Å²) in [5.41, 5.74) is 12.4. The Labute approximate surface area is 415 Å². The van der Waals surface area contributed by atoms with Gasteiger partial charge in [0.05, 0.1) is 24.0 Å². The van der Waals surface area contributed by atoms with E-state index in [9.17, 15) is 53.4 Å². The van der Waals surface area contributed by atoms with Gasteiger partial charge in [0.2, 0.25) is 35.4 Å². The molecule has 0 bridgehead atoms. The second-order valence-corrected chi connectivity index (χ2v) is 18.3. The quantitative estimate of drug-likeness (QED) is 0.0379. The fourth-order valence-electron chi connectivity index (χ4n) is 7.46. The SMILES string of the molecule is C=C1C(=O)N[C@H](C)C(=O)N[C@H](CC(C)C)C(=O)N[C@@H](C(=O)O)[C@H](C)C(=O)N[C@@H](CCCN=C(N)N)C(=O)N[C@@H](/C=C/C(C)=C/[C@@H](C)[C@@H](Cc2ccccc2)OC)C(C)C(=O)N[C@@H](C(=O)O)CCC(=O)N1C. The second kappa shape index (κ2) is 29.2. The summed E-state index contributed by atoms with van der Waals surface area (Å²) in [7, 11) is 2.82. The maximum absolute atomic E-state index is 14.4. The van der Waals surface area contributed by atoms with Gasteiger partial charge in [0, 0.05) is 33.0 Å². The van der Waals surface area contributed by atoms with Crippen molar-refractivity contribution in [2.24, 2.45) is 40.1 Å². The number of amides is 7. The van der Waals surface area contributed by atoms with Crippen molar-refractivity contribution in [3.8, 4) is 0 Å². The number of carbonyl (C=O) groups excluding carboxylic acids is 7. The first-order valence-corrected chi connectivity index (χ1v) is 23.5. The molecule has 22 nitrogen and oxygen atoms in total. The number of nitrogens with zero attached hydrogens (tertiary/aromatic N) is 2. The molecule has 1 fully saturated rings. The second-order valence-electron chi connectivity index (χ2n) is 18.3. The van der Waals surface area contributed by atoms with Crippen LogP contribution in [0.4, 0.5) is 0 Å². The zero-order valence-electron chi connectivity index (χ0n) is 42.2. The van der Waals surface area contributed by atoms with E-state index in [4.69, 9.17) is 16.2 Å². The van der Waals surface area contributed by atoms with Crippen LogP contribution in [0.1, 0.15) is 86.1 Å². The molecule has 1 saturated heterocycles. The van der Waals surface area contributed by atoms with Crippen molar-refractivity contribution in [2.75, 3.05) is 20.7 Å². The van der Waals surface area contributed by atoms with Crippen molar-refractivity contribution in [2.45, 2.75) is 129 Å². The van der Waals surface area contributed by atoms with E-state index in [0.29, 0.717) is 12.0 Å². The molecule has 0 radical (unpaired) electrons. The molecule has 1 heterocycles. The maximum Gasteiger partial charge on any atom is 0.327 e. The van der Waals surface area contributed by atoms with Gasteiger partial charge in [0.15, 0.2) is 5.96 Å². The number of carbonyl (C=O) groups is 9. The van der Waals surface area contributed by atoms with E-state index in [0.717, 1.165) is 10.5 Å². The van der Waals surface area contributed by atoms with Gasteiger partial charge in [0.1, 0.15) is 35.9 Å². The summed E-state index contributed by atoms with van der Waals surface area (Å²) in [5, 5.41) is 35.5. The molecule has 1 aromatic rings. The summed E-state index contributed by atoms with van der Waals surface area (Å²) in [6.07, 6.45) is 4.64. The van der Waals surface area contributed by atoms with Crippen molar-refractivity contribution >= 4 is 59.2 Å². The lowest BCUT2D eigenvalue weighted by Gasteiger charge is -2.28. The predicted octanol–water partition coefficient (Wildman–Crippen LogP) is 0.618. The lowest BCUT2D eigenvalue weighted by atomic mass is 9.94. The number of nitrogens with two attached hydrogens (primary N) is 2. The number of ether oxygens (including phenoxy) is 1. The van der Waals surface area contributed by atoms with Gasteiger partial charge in [-0.15, -0.1) is 0 Å². The molecule has 2 rings (SSSR count). The zero-order chi connectivity index (χ0) is 53.7. The number of carboxylic acid groups (broad SMARTS) is 2. The number of nitrogens with one attached hydrogen (secondary N) is 6. The monoisotopic (exact) mass is 995 g/mol. The van der Waals surface area contributed by atoms with Crippen LogP contribution in [0.2, 0.25) is 0 Å². The molecule has 12 N–H and O–H groups in total. The van der Waals surface area contributed by atoms with E-state index in [1.54, 1.807) is 34.0 Å². The topological polar surface area (TPSA) is 343 Å². The number of hydrogen-bond acceptors (Lipinski definition) is 11. The number of hydrogen-bond donors (Lipinski definition) is 10. The minimum absolute atomic E-state index is 0.00610. The molecule has 7 amide bonds. The van der Waals surface area contributed by atoms with Gasteiger partial charge in [-0.25, -0.2) is 9.59 Å². The largest absolute Gasteiger partial charge is 0.480 e. The van der Waals surface area contributed by atoms with Gasteiger partial charge in [-0.2, -0.15) is 0 Å². The number of likely N-dealkylation sites (N-methyl/N-ethyl adjacent to an activating group) is 1. The molecule has 1 aromatic carbocycles. The van der Waals surface area contributed by atoms with Gasteiger partial charge in [-0.3, -0.25) is 38.6 Å². The van der Waals surface area contributed by atoms with Crippen LogP contribution in [0, 0.1) is 23.7 Å². The Morgan fingerprint density at radius 2 is 1.45 bits per heavy atom. The van der Waals surface area contributed by atoms with Crippen LogP contribution in [0.5, 0.6) is 0 Å². The Bertz CT molecular complexity index is 2160. The highest BCUT2D eigenvalue weighted by molar-refractivity contribution is 6.00. The molecular weight excluding hydrogens is 921 g/mol. The normalized spacial score (nSPS) is 25.3. The number of methoxy groups -OCH3 is 1. The Morgan fingerprint density at radius 1 is 0.845 bits per heavy atom. The van der Waals surface area contributed by atoms with Crippen LogP contribution in [-0.2, 0) is 54.3 Å². The fraction of sp³-hybridized carbons (Fsp3) is 0.551. The summed E-state index contributed by atoms with van der Waals surface area (Å²) >= 11 is 0. The summed E-state index contributed by atoms with van der Waals surface area (Å²) in [4.78, 5) is 126. The minimum Gasteiger partial charge on any atom is -0.480 e. The summed E-state index contributed by atoms with van der Waals surface area (Å²) < 4.78 is 5.81. The molecule has 1 aliphatic rings. The summed E-state index contributed by atoms with van der Waals surface area (Å²) in [6, 6.07) is 0.998. The van der Waals surface area contributed by atoms with Crippen molar-refractivity contribution in [1.29, 1.82) is 0 Å². The summed E-state index contributed by atoms with van der Waals surface area (Å²) in [5.74, 6) is -12.6. The Balaban J connectivity index is 2.73. The first kappa shape index (κ1) is 60.0. The average Bonchev–Trinajstić information content (AvgIpc) is 3.31. The standard InChI is InChI=1S/C49H74N10O12/c1-26(2)23-37-46(66)58-40(48(69)70)30(6)42(62)55-35(17-14-22-52-49(50)51)45(65)54-34(19-18-27(3)24-28(4)38(71-10)25-33-15-12-11-13-16-33)29(5)41(61)56-36(47(67)68)20-21-39(60)59(9)32(8)44(64)53-31(7)43(63)57-37/h11-13,15-16,18-19,24,26,28-31,34-38,40H,8,14,17,20-23,25H2,1-7,9-10H3,(H,53,64)(H,54,65)(H,55,62)(H,56,61)(H,57,63)(H,58,66)(H,67,68)(H,69,70)(H4,50,51,52)/b19-18+,27-24+/t28-,29?,30+,31-,34+,35+,36-,37-,38-,40-/m1/s1. The zero-order valence-corrected chi connectivity index (χ0v) is 42.2. The maximum atomic E-state index is 14.4. The van der Waals surface area contributed by atoms with E-state index in [-0.39, 0.29) is 49.7 Å². The number of rotatable bonds is 15. The van der Waals surface area contributed by atoms with E-state index < -0.39 is 120 Å². The first-order chi connectivity index (χ1) is 33.3. The lowest BCUT2D eigenvalue weighted by Crippen LogP contribution is -2.59. The van der Waals surface area contributed by atoms with Crippen molar-refractivity contribution in [3.05, 3.63) is 72.0 Å². The first-order valence-electron chi connectivity index (χ1n) is 23.5. The smallest absolute Gasteiger partial charge is 0.327 e. The third kappa shape index (κ3) is 20.0. The molecule has 1 unspecified atom stereocenters. The van der Waals surface area contributed by atoms with E-state index in [2.05, 4.69) is 43.5 Å². The van der Waals surface area contributed by atoms with Gasteiger partial charge in [0.25, 0.3) is 5.91 Å². The molecule has 0 aliphatic carbocycles. The van der Waals surface area contributed by atoms with Crippen molar-refractivity contribution in [1.82, 2.24) is 36.8 Å². The van der Waals surface area contributed by atoms with E-state index in [1.165, 1.54) is 33.9 Å². The molecule has 22 heteroatoms. The van der Waals surface area contributed by atoms with Crippen LogP contribution < -0.4 is 43.4 Å². The van der Waals surface area contributed by atoms with Gasteiger partial charge in [-0.1, -0.05) is 95.3 Å². The molecule has 10 atom stereocenters. The Morgan fingerprint density at radius 3 is 2.03 bits per heavy atom. The van der Waals surface area contributed by atoms with Crippen molar-refractivity contribution in [3.63, 3.8) is 0 Å². The molecule has 71 heavy (non-hydrogen) atoms. The fourth-order valence-corrected chi connectivity index (χ4v) is 7.46. The van der Waals surface area contributed by atoms with Gasteiger partial charge >= 0.3 is 11.9 Å². The third-order valence-electron chi connectivity index (χ3n) is 12.0. The van der Waals surface area contributed by atoms with Crippen LogP contribution >= 0.6 is 0 Å². The highest BCUT2D eigenvalue weighted by atomic mass is 16.5. The molecular formula is C49H74N10O12. The number of aliphatic imine (C=N–C) groups is 1. The Hall–Kier alpha value is -7.10. The highest BCUT2D eigenvalue weighted by Crippen LogP contribution is 2.19. The number of carboxylic acids is 2. The number of guanidine groups is 1.